The zero-order chi connectivity index (χ0) is 21.8. The summed E-state index contributed by atoms with van der Waals surface area (Å²) in [6, 6.07) is 12.7. The van der Waals surface area contributed by atoms with Crippen LogP contribution in [0, 0.1) is 0 Å². The van der Waals surface area contributed by atoms with E-state index in [1.807, 2.05) is 24.3 Å². The molecule has 2 aromatic rings. The van der Waals surface area contributed by atoms with Gasteiger partial charge < -0.3 is 24.8 Å². The first-order chi connectivity index (χ1) is 15.0. The number of hydrogen-bond acceptors (Lipinski definition) is 6. The summed E-state index contributed by atoms with van der Waals surface area (Å²) < 4.78 is 16.5. The number of amides is 4. The number of carbonyl (C=O) groups is 3. The first kappa shape index (κ1) is 20.5. The van der Waals surface area contributed by atoms with E-state index in [1.165, 1.54) is 7.11 Å². The molecule has 0 radical (unpaired) electrons. The molecule has 2 aliphatic rings. The number of nitrogens with zero attached hydrogens (tertiary/aromatic N) is 1. The molecular weight excluding hydrogens is 402 g/mol. The van der Waals surface area contributed by atoms with E-state index in [0.29, 0.717) is 29.5 Å². The van der Waals surface area contributed by atoms with Crippen LogP contribution in [-0.2, 0) is 9.59 Å². The number of ether oxygens (including phenoxy) is 3. The number of imide groups is 1. The lowest BCUT2D eigenvalue weighted by Crippen LogP contribution is -2.41. The Bertz CT molecular complexity index is 977. The maximum Gasteiger partial charge on any atom is 0.329 e. The lowest BCUT2D eigenvalue weighted by Gasteiger charge is -2.26. The van der Waals surface area contributed by atoms with E-state index in [4.69, 9.17) is 14.2 Å². The van der Waals surface area contributed by atoms with Gasteiger partial charge in [-0.15, -0.1) is 0 Å². The van der Waals surface area contributed by atoms with Crippen LogP contribution >= 0.6 is 0 Å². The number of para-hydroxylation sites is 2. The highest BCUT2D eigenvalue weighted by Gasteiger charge is 2.39. The third-order valence-electron chi connectivity index (χ3n) is 5.10. The molecule has 1 fully saturated rings. The summed E-state index contributed by atoms with van der Waals surface area (Å²) in [5, 5.41) is 5.43. The Balaban J connectivity index is 1.25. The smallest absolute Gasteiger partial charge is 0.329 e. The largest absolute Gasteiger partial charge is 0.497 e. The predicted molar refractivity (Wildman–Crippen MR) is 111 cm³/mol. The SMILES string of the molecule is COc1ccc(N2C(=O)N[C@@H](CCC(=O)NC[C@@H]3COc4ccccc4O3)C2=O)cc1. The Kier molecular flexibility index (Phi) is 5.92. The molecule has 0 aromatic heterocycles. The van der Waals surface area contributed by atoms with Gasteiger partial charge in [-0.3, -0.25) is 9.59 Å². The van der Waals surface area contributed by atoms with Crippen molar-refractivity contribution in [3.63, 3.8) is 0 Å². The van der Waals surface area contributed by atoms with Crippen molar-refractivity contribution in [2.45, 2.75) is 25.0 Å². The van der Waals surface area contributed by atoms with Gasteiger partial charge in [0.05, 0.1) is 19.3 Å². The van der Waals surface area contributed by atoms with Crippen LogP contribution in [0.1, 0.15) is 12.8 Å². The van der Waals surface area contributed by atoms with Gasteiger partial charge >= 0.3 is 6.03 Å². The number of urea groups is 1. The van der Waals surface area contributed by atoms with E-state index < -0.39 is 12.1 Å². The van der Waals surface area contributed by atoms with Gasteiger partial charge in [0.2, 0.25) is 5.91 Å². The van der Waals surface area contributed by atoms with Crippen molar-refractivity contribution in [2.75, 3.05) is 25.2 Å². The van der Waals surface area contributed by atoms with Crippen molar-refractivity contribution < 1.29 is 28.6 Å². The van der Waals surface area contributed by atoms with Gasteiger partial charge in [0, 0.05) is 6.42 Å². The van der Waals surface area contributed by atoms with Crippen LogP contribution in [0.25, 0.3) is 0 Å². The monoisotopic (exact) mass is 425 g/mol. The van der Waals surface area contributed by atoms with Gasteiger partial charge in [-0.25, -0.2) is 9.69 Å². The van der Waals surface area contributed by atoms with E-state index in [1.54, 1.807) is 24.3 Å². The minimum atomic E-state index is -0.749. The molecule has 9 nitrogen and oxygen atoms in total. The number of anilines is 1. The molecule has 2 N–H and O–H groups in total. The van der Waals surface area contributed by atoms with E-state index >= 15 is 0 Å². The molecule has 31 heavy (non-hydrogen) atoms. The normalized spacial score (nSPS) is 19.7. The van der Waals surface area contributed by atoms with Crippen molar-refractivity contribution in [2.24, 2.45) is 0 Å². The van der Waals surface area contributed by atoms with Crippen LogP contribution in [0.15, 0.2) is 48.5 Å². The highest BCUT2D eigenvalue weighted by Crippen LogP contribution is 2.30. The minimum Gasteiger partial charge on any atom is -0.497 e. The molecular formula is C22H23N3O6. The van der Waals surface area contributed by atoms with Gasteiger partial charge in [0.25, 0.3) is 5.91 Å². The zero-order valence-corrected chi connectivity index (χ0v) is 17.0. The first-order valence-corrected chi connectivity index (χ1v) is 9.99. The van der Waals surface area contributed by atoms with Crippen molar-refractivity contribution in [1.82, 2.24) is 10.6 Å². The fourth-order valence-corrected chi connectivity index (χ4v) is 3.46. The average molecular weight is 425 g/mol. The quantitative estimate of drug-likeness (QED) is 0.656. The average Bonchev–Trinajstić information content (AvgIpc) is 3.09. The minimum absolute atomic E-state index is 0.0945. The molecule has 2 heterocycles. The number of carbonyl (C=O) groups excluding carboxylic acids is 3. The molecule has 2 aromatic carbocycles. The molecule has 0 saturated carbocycles. The lowest BCUT2D eigenvalue weighted by atomic mass is 10.1. The summed E-state index contributed by atoms with van der Waals surface area (Å²) in [5.41, 5.74) is 0.449. The molecule has 2 aliphatic heterocycles. The third kappa shape index (κ3) is 4.55. The summed E-state index contributed by atoms with van der Waals surface area (Å²) in [4.78, 5) is 38.2. The second-order valence-electron chi connectivity index (χ2n) is 7.21. The van der Waals surface area contributed by atoms with Crippen LogP contribution < -0.4 is 29.7 Å². The Labute approximate surface area is 179 Å². The second kappa shape index (κ2) is 8.95. The number of nitrogens with one attached hydrogen (secondary N) is 2. The fraction of sp³-hybridized carbons (Fsp3) is 0.318. The summed E-state index contributed by atoms with van der Waals surface area (Å²) in [6.45, 7) is 0.626. The molecule has 4 amide bonds. The van der Waals surface area contributed by atoms with Crippen LogP contribution in [0.4, 0.5) is 10.5 Å². The molecule has 0 bridgehead atoms. The summed E-state index contributed by atoms with van der Waals surface area (Å²) in [7, 11) is 1.54. The highest BCUT2D eigenvalue weighted by atomic mass is 16.6. The van der Waals surface area contributed by atoms with Crippen molar-refractivity contribution >= 4 is 23.5 Å². The molecule has 1 saturated heterocycles. The molecule has 4 rings (SSSR count). The van der Waals surface area contributed by atoms with E-state index in [2.05, 4.69) is 10.6 Å². The standard InChI is InChI=1S/C22H23N3O6/c1-29-15-8-6-14(7-9-15)25-21(27)17(24-22(25)28)10-11-20(26)23-12-16-13-30-18-4-2-3-5-19(18)31-16/h2-9,16-17H,10-13H2,1H3,(H,23,26)(H,24,28)/t16-,17+/m1/s1. The van der Waals surface area contributed by atoms with E-state index in [0.717, 1.165) is 4.90 Å². The van der Waals surface area contributed by atoms with Gasteiger partial charge in [0.15, 0.2) is 11.5 Å². The first-order valence-electron chi connectivity index (χ1n) is 9.99. The second-order valence-corrected chi connectivity index (χ2v) is 7.21. The molecule has 162 valence electrons. The Morgan fingerprint density at radius 3 is 2.65 bits per heavy atom. The topological polar surface area (TPSA) is 106 Å². The Morgan fingerprint density at radius 1 is 1.16 bits per heavy atom. The van der Waals surface area contributed by atoms with Crippen LogP contribution in [0.3, 0.4) is 0 Å². The summed E-state index contributed by atoms with van der Waals surface area (Å²) >= 11 is 0. The molecule has 0 unspecified atom stereocenters. The van der Waals surface area contributed by atoms with Crippen molar-refractivity contribution in [1.29, 1.82) is 0 Å². The van der Waals surface area contributed by atoms with Gasteiger partial charge in [-0.2, -0.15) is 0 Å². The van der Waals surface area contributed by atoms with Gasteiger partial charge in [0.1, 0.15) is 24.5 Å². The Hall–Kier alpha value is -3.75. The van der Waals surface area contributed by atoms with E-state index in [-0.39, 0.29) is 37.3 Å². The van der Waals surface area contributed by atoms with Crippen molar-refractivity contribution in [3.8, 4) is 17.2 Å². The maximum absolute atomic E-state index is 12.6. The molecule has 9 heteroatoms. The van der Waals surface area contributed by atoms with Crippen LogP contribution in [-0.4, -0.2) is 50.3 Å². The van der Waals surface area contributed by atoms with Gasteiger partial charge in [-0.1, -0.05) is 12.1 Å². The highest BCUT2D eigenvalue weighted by molar-refractivity contribution is 6.21. The predicted octanol–water partition coefficient (Wildman–Crippen LogP) is 1.86. The van der Waals surface area contributed by atoms with Crippen molar-refractivity contribution in [3.05, 3.63) is 48.5 Å². The fourth-order valence-electron chi connectivity index (χ4n) is 3.46. The van der Waals surface area contributed by atoms with Gasteiger partial charge in [-0.05, 0) is 42.8 Å². The number of rotatable bonds is 7. The van der Waals surface area contributed by atoms with E-state index in [9.17, 15) is 14.4 Å². The molecule has 0 aliphatic carbocycles. The number of hydrogen-bond donors (Lipinski definition) is 2. The Morgan fingerprint density at radius 2 is 1.90 bits per heavy atom. The summed E-state index contributed by atoms with van der Waals surface area (Å²) in [5.74, 6) is 1.34. The number of benzene rings is 2. The maximum atomic E-state index is 12.6. The van der Waals surface area contributed by atoms with Crippen LogP contribution in [0.2, 0.25) is 0 Å². The third-order valence-corrected chi connectivity index (χ3v) is 5.10. The lowest BCUT2D eigenvalue weighted by molar-refractivity contribution is -0.122. The molecule has 2 atom stereocenters. The zero-order valence-electron chi connectivity index (χ0n) is 17.0. The number of methoxy groups -OCH3 is 1. The summed E-state index contributed by atoms with van der Waals surface area (Å²) in [6.07, 6.45) is 0.00261. The number of fused-ring (bicyclic) bond motifs is 1. The molecule has 0 spiro atoms. The van der Waals surface area contributed by atoms with Crippen LogP contribution in [0.5, 0.6) is 17.2 Å².